The Bertz CT molecular complexity index is 772. The number of nitrogens with two attached hydrogens (primary N) is 1. The number of benzene rings is 1. The van der Waals surface area contributed by atoms with E-state index < -0.39 is 12.0 Å². The Labute approximate surface area is 107 Å². The largest absolute Gasteiger partial charge is 0.432 e. The van der Waals surface area contributed by atoms with E-state index in [1.807, 2.05) is 6.07 Å². The van der Waals surface area contributed by atoms with Gasteiger partial charge in [0.1, 0.15) is 5.52 Å². The number of carbonyl (C=O) groups is 1. The molecule has 98 valence electrons. The van der Waals surface area contributed by atoms with Crippen molar-refractivity contribution in [2.75, 3.05) is 0 Å². The highest BCUT2D eigenvalue weighted by Gasteiger charge is 2.16. The second-order valence-corrected chi connectivity index (χ2v) is 4.41. The maximum atomic E-state index is 11.1. The molecular formula is C12H12N4O3. The molecule has 3 N–H and O–H groups in total. The van der Waals surface area contributed by atoms with Gasteiger partial charge >= 0.3 is 5.91 Å². The van der Waals surface area contributed by atoms with E-state index in [2.05, 4.69) is 10.1 Å². The van der Waals surface area contributed by atoms with Gasteiger partial charge in [0, 0.05) is 5.39 Å². The zero-order chi connectivity index (χ0) is 13.6. The molecule has 0 spiro atoms. The Morgan fingerprint density at radius 2 is 2.37 bits per heavy atom. The maximum absolute atomic E-state index is 11.1. The number of hydrogen-bond donors (Lipinski definition) is 2. The second-order valence-electron chi connectivity index (χ2n) is 4.41. The molecule has 1 unspecified atom stereocenters. The summed E-state index contributed by atoms with van der Waals surface area (Å²) in [6, 6.07) is 3.53. The highest BCUT2D eigenvalue weighted by molar-refractivity contribution is 6.03. The lowest BCUT2D eigenvalue weighted by atomic mass is 10.2. The van der Waals surface area contributed by atoms with Crippen LogP contribution >= 0.6 is 0 Å². The first-order valence-corrected chi connectivity index (χ1v) is 5.79. The summed E-state index contributed by atoms with van der Waals surface area (Å²) in [5, 5.41) is 14.5. The van der Waals surface area contributed by atoms with Crippen LogP contribution in [0.5, 0.6) is 0 Å². The van der Waals surface area contributed by atoms with Gasteiger partial charge in [-0.15, -0.1) is 0 Å². The third-order valence-electron chi connectivity index (χ3n) is 2.81. The highest BCUT2D eigenvalue weighted by Crippen LogP contribution is 2.25. The number of fused-ring (bicyclic) bond motifs is 3. The number of oxazole rings is 1. The van der Waals surface area contributed by atoms with Crippen molar-refractivity contribution in [2.45, 2.75) is 19.6 Å². The number of aliphatic hydroxyl groups excluding tert-OH is 1. The number of nitrogens with zero attached hydrogens (tertiary/aromatic N) is 3. The van der Waals surface area contributed by atoms with Gasteiger partial charge in [-0.2, -0.15) is 5.10 Å². The summed E-state index contributed by atoms with van der Waals surface area (Å²) in [5.74, 6) is -0.849. The smallest absolute Gasteiger partial charge is 0.304 e. The molecule has 0 bridgehead atoms. The molecule has 7 heteroatoms. The van der Waals surface area contributed by atoms with Gasteiger partial charge < -0.3 is 15.3 Å². The lowest BCUT2D eigenvalue weighted by molar-refractivity contribution is 0.0969. The van der Waals surface area contributed by atoms with E-state index in [0.717, 1.165) is 10.9 Å². The number of amides is 1. The van der Waals surface area contributed by atoms with Crippen molar-refractivity contribution in [3.63, 3.8) is 0 Å². The fourth-order valence-electron chi connectivity index (χ4n) is 2.05. The van der Waals surface area contributed by atoms with E-state index in [4.69, 9.17) is 10.2 Å². The molecule has 0 fully saturated rings. The van der Waals surface area contributed by atoms with Gasteiger partial charge in [0.2, 0.25) is 0 Å². The van der Waals surface area contributed by atoms with Crippen molar-refractivity contribution < 1.29 is 14.3 Å². The highest BCUT2D eigenvalue weighted by atomic mass is 16.4. The minimum atomic E-state index is -0.717. The number of primary amides is 1. The van der Waals surface area contributed by atoms with Gasteiger partial charge in [-0.05, 0) is 19.1 Å². The van der Waals surface area contributed by atoms with E-state index in [0.29, 0.717) is 17.6 Å². The number of aliphatic hydroxyl groups is 1. The molecule has 1 amide bonds. The van der Waals surface area contributed by atoms with Crippen LogP contribution in [0.3, 0.4) is 0 Å². The normalized spacial score (nSPS) is 13.2. The first-order valence-electron chi connectivity index (χ1n) is 5.79. The fraction of sp³-hybridized carbons (Fsp3) is 0.250. The van der Waals surface area contributed by atoms with Crippen molar-refractivity contribution in [3.05, 3.63) is 24.2 Å². The Balaban J connectivity index is 2.30. The van der Waals surface area contributed by atoms with Crippen molar-refractivity contribution in [2.24, 2.45) is 5.73 Å². The summed E-state index contributed by atoms with van der Waals surface area (Å²) >= 11 is 0. The summed E-state index contributed by atoms with van der Waals surface area (Å²) in [6.07, 6.45) is 1.14. The molecule has 19 heavy (non-hydrogen) atoms. The predicted molar refractivity (Wildman–Crippen MR) is 67.5 cm³/mol. The Morgan fingerprint density at radius 1 is 1.58 bits per heavy atom. The number of aromatic nitrogens is 3. The Morgan fingerprint density at radius 3 is 3.05 bits per heavy atom. The van der Waals surface area contributed by atoms with Crippen LogP contribution < -0.4 is 5.73 Å². The molecule has 1 aromatic carbocycles. The van der Waals surface area contributed by atoms with Gasteiger partial charge in [-0.1, -0.05) is 0 Å². The van der Waals surface area contributed by atoms with Crippen LogP contribution in [0.4, 0.5) is 0 Å². The van der Waals surface area contributed by atoms with Gasteiger partial charge in [0.15, 0.2) is 5.58 Å². The molecule has 3 aromatic rings. The molecule has 0 saturated carbocycles. The van der Waals surface area contributed by atoms with E-state index in [1.165, 1.54) is 0 Å². The SMILES string of the molecule is CC(O)Cn1ncc2ccc3oc(C(N)=O)nc3c21. The average Bonchev–Trinajstić information content (AvgIpc) is 2.91. The van der Waals surface area contributed by atoms with Crippen LogP contribution in [0.25, 0.3) is 22.0 Å². The molecule has 3 rings (SSSR count). The zero-order valence-electron chi connectivity index (χ0n) is 10.2. The topological polar surface area (TPSA) is 107 Å². The monoisotopic (exact) mass is 260 g/mol. The second kappa shape index (κ2) is 4.06. The van der Waals surface area contributed by atoms with Crippen LogP contribution in [0.15, 0.2) is 22.7 Å². The quantitative estimate of drug-likeness (QED) is 0.719. The minimum absolute atomic E-state index is 0.132. The summed E-state index contributed by atoms with van der Waals surface area (Å²) in [5.41, 5.74) is 6.86. The summed E-state index contributed by atoms with van der Waals surface area (Å²) < 4.78 is 6.91. The van der Waals surface area contributed by atoms with E-state index in [1.54, 1.807) is 23.9 Å². The lowest BCUT2D eigenvalue weighted by Gasteiger charge is -2.05. The van der Waals surface area contributed by atoms with Crippen LogP contribution in [0.2, 0.25) is 0 Å². The molecule has 7 nitrogen and oxygen atoms in total. The van der Waals surface area contributed by atoms with Crippen molar-refractivity contribution >= 4 is 27.9 Å². The lowest BCUT2D eigenvalue weighted by Crippen LogP contribution is -2.13. The van der Waals surface area contributed by atoms with E-state index >= 15 is 0 Å². The van der Waals surface area contributed by atoms with Gasteiger partial charge in [-0.3, -0.25) is 9.48 Å². The van der Waals surface area contributed by atoms with Crippen LogP contribution in [-0.2, 0) is 6.54 Å². The number of carbonyl (C=O) groups excluding carboxylic acids is 1. The number of rotatable bonds is 3. The van der Waals surface area contributed by atoms with Crippen LogP contribution in [0, 0.1) is 0 Å². The predicted octanol–water partition coefficient (Wildman–Crippen LogP) is 0.657. The third-order valence-corrected chi connectivity index (χ3v) is 2.81. The molecule has 0 saturated heterocycles. The number of hydrogen-bond acceptors (Lipinski definition) is 5. The molecule has 0 aliphatic heterocycles. The fourth-order valence-corrected chi connectivity index (χ4v) is 2.05. The minimum Gasteiger partial charge on any atom is -0.432 e. The Kier molecular flexibility index (Phi) is 2.49. The van der Waals surface area contributed by atoms with Gasteiger partial charge in [0.05, 0.1) is 24.4 Å². The first-order chi connectivity index (χ1) is 9.06. The standard InChI is InChI=1S/C12H12N4O3/c1-6(17)5-16-10-7(4-14-16)2-3-8-9(10)15-12(19-8)11(13)18/h2-4,6,17H,5H2,1H3,(H2,13,18). The molecule has 0 radical (unpaired) electrons. The Hall–Kier alpha value is -2.41. The molecule has 1 atom stereocenters. The van der Waals surface area contributed by atoms with Crippen molar-refractivity contribution in [1.29, 1.82) is 0 Å². The molecular weight excluding hydrogens is 248 g/mol. The first kappa shape index (κ1) is 11.7. The van der Waals surface area contributed by atoms with E-state index in [9.17, 15) is 9.90 Å². The summed E-state index contributed by atoms with van der Waals surface area (Å²) in [4.78, 5) is 15.2. The van der Waals surface area contributed by atoms with Crippen molar-refractivity contribution in [3.8, 4) is 0 Å². The van der Waals surface area contributed by atoms with Crippen LogP contribution in [0.1, 0.15) is 17.6 Å². The van der Waals surface area contributed by atoms with Crippen LogP contribution in [-0.4, -0.2) is 31.9 Å². The molecule has 0 aliphatic carbocycles. The summed E-state index contributed by atoms with van der Waals surface area (Å²) in [7, 11) is 0. The summed E-state index contributed by atoms with van der Waals surface area (Å²) in [6.45, 7) is 2.01. The third kappa shape index (κ3) is 1.84. The average molecular weight is 260 g/mol. The molecule has 2 aromatic heterocycles. The van der Waals surface area contributed by atoms with E-state index in [-0.39, 0.29) is 5.89 Å². The zero-order valence-corrected chi connectivity index (χ0v) is 10.2. The molecule has 0 aliphatic rings. The van der Waals surface area contributed by atoms with Crippen molar-refractivity contribution in [1.82, 2.24) is 14.8 Å². The van der Waals surface area contributed by atoms with Gasteiger partial charge in [0.25, 0.3) is 5.89 Å². The van der Waals surface area contributed by atoms with Gasteiger partial charge in [-0.25, -0.2) is 4.98 Å². The molecule has 2 heterocycles. The maximum Gasteiger partial charge on any atom is 0.304 e.